The lowest BCUT2D eigenvalue weighted by atomic mass is 9.97. The van der Waals surface area contributed by atoms with Crippen LogP contribution in [0.3, 0.4) is 0 Å². The normalized spacial score (nSPS) is 13.5. The van der Waals surface area contributed by atoms with Gasteiger partial charge < -0.3 is 0 Å². The van der Waals surface area contributed by atoms with Gasteiger partial charge in [-0.25, -0.2) is 4.98 Å². The van der Waals surface area contributed by atoms with E-state index in [2.05, 4.69) is 75.0 Å². The molecular formula is C31H18N4. The Morgan fingerprint density at radius 2 is 1.43 bits per heavy atom. The van der Waals surface area contributed by atoms with Gasteiger partial charge in [0.05, 0.1) is 22.7 Å². The van der Waals surface area contributed by atoms with Crippen LogP contribution >= 0.6 is 0 Å². The van der Waals surface area contributed by atoms with Gasteiger partial charge in [0.1, 0.15) is 5.65 Å². The number of fused-ring (bicyclic) bond motifs is 15. The number of imidazole rings is 1. The fourth-order valence-electron chi connectivity index (χ4n) is 6.48. The molecule has 2 aliphatic carbocycles. The van der Waals surface area contributed by atoms with Crippen molar-refractivity contribution in [3.63, 3.8) is 0 Å². The number of benzene rings is 3. The van der Waals surface area contributed by atoms with Crippen molar-refractivity contribution in [2.75, 3.05) is 0 Å². The molecule has 0 N–H and O–H groups in total. The number of hydrogen-bond acceptors (Lipinski definition) is 3. The molecule has 35 heavy (non-hydrogen) atoms. The Kier molecular flexibility index (Phi) is 3.11. The number of hydrogen-bond donors (Lipinski definition) is 0. The third-order valence-corrected chi connectivity index (χ3v) is 7.97. The summed E-state index contributed by atoms with van der Waals surface area (Å²) in [6.45, 7) is 0. The molecule has 0 spiro atoms. The van der Waals surface area contributed by atoms with Crippen LogP contribution in [0.1, 0.15) is 22.3 Å². The summed E-state index contributed by atoms with van der Waals surface area (Å²) in [5, 5.41) is 3.40. The standard InChI is InChI=1S/C31H18N4/c1-2-4-21-17(3-1)11-19-14-25-20(13-24(19)21)12-18-5-6-27-30(29(18)25)35-28-16-33-10-8-23(28)22-7-9-32-15-26(22)31(35)34-27/h1-10,13-16H,11-12H2. The fourth-order valence-corrected chi connectivity index (χ4v) is 6.48. The highest BCUT2D eigenvalue weighted by Crippen LogP contribution is 2.47. The van der Waals surface area contributed by atoms with Gasteiger partial charge in [0.25, 0.3) is 0 Å². The van der Waals surface area contributed by atoms with Gasteiger partial charge in [-0.3, -0.25) is 14.4 Å². The van der Waals surface area contributed by atoms with Crippen molar-refractivity contribution in [2.45, 2.75) is 12.8 Å². The summed E-state index contributed by atoms with van der Waals surface area (Å²) < 4.78 is 2.32. The molecule has 4 aromatic heterocycles. The second-order valence-electron chi connectivity index (χ2n) is 9.73. The van der Waals surface area contributed by atoms with Gasteiger partial charge in [0.2, 0.25) is 0 Å². The van der Waals surface area contributed by atoms with E-state index in [0.29, 0.717) is 0 Å². The van der Waals surface area contributed by atoms with Crippen LogP contribution in [-0.2, 0) is 12.8 Å². The van der Waals surface area contributed by atoms with E-state index in [9.17, 15) is 0 Å². The summed E-state index contributed by atoms with van der Waals surface area (Å²) in [4.78, 5) is 14.1. The molecule has 0 unspecified atom stereocenters. The lowest BCUT2D eigenvalue weighted by Crippen LogP contribution is -1.94. The molecule has 9 rings (SSSR count). The predicted molar refractivity (Wildman–Crippen MR) is 140 cm³/mol. The zero-order valence-corrected chi connectivity index (χ0v) is 18.8. The first-order valence-corrected chi connectivity index (χ1v) is 12.0. The molecule has 4 heterocycles. The molecule has 4 heteroatoms. The van der Waals surface area contributed by atoms with Crippen LogP contribution in [0.5, 0.6) is 0 Å². The Balaban J connectivity index is 1.43. The van der Waals surface area contributed by atoms with Crippen molar-refractivity contribution in [2.24, 2.45) is 0 Å². The second-order valence-corrected chi connectivity index (χ2v) is 9.73. The monoisotopic (exact) mass is 446 g/mol. The van der Waals surface area contributed by atoms with Crippen molar-refractivity contribution < 1.29 is 0 Å². The summed E-state index contributed by atoms with van der Waals surface area (Å²) >= 11 is 0. The Bertz CT molecular complexity index is 2070. The van der Waals surface area contributed by atoms with E-state index in [-0.39, 0.29) is 0 Å². The van der Waals surface area contributed by atoms with Crippen LogP contribution in [0.2, 0.25) is 0 Å². The Morgan fingerprint density at radius 1 is 0.629 bits per heavy atom. The quantitative estimate of drug-likeness (QED) is 0.243. The zero-order chi connectivity index (χ0) is 22.7. The largest absolute Gasteiger partial charge is 0.289 e. The molecular weight excluding hydrogens is 428 g/mol. The lowest BCUT2D eigenvalue weighted by Gasteiger charge is -2.11. The number of rotatable bonds is 0. The van der Waals surface area contributed by atoms with Crippen LogP contribution in [0.15, 0.2) is 85.5 Å². The van der Waals surface area contributed by atoms with Gasteiger partial charge in [-0.1, -0.05) is 30.3 Å². The first-order valence-electron chi connectivity index (χ1n) is 12.0. The average molecular weight is 447 g/mol. The molecule has 0 amide bonds. The Labute approximate surface area is 200 Å². The van der Waals surface area contributed by atoms with E-state index < -0.39 is 0 Å². The highest BCUT2D eigenvalue weighted by atomic mass is 15.0. The minimum atomic E-state index is 0.944. The van der Waals surface area contributed by atoms with E-state index in [1.165, 1.54) is 55.4 Å². The molecule has 0 radical (unpaired) electrons. The minimum Gasteiger partial charge on any atom is -0.289 e. The molecule has 0 saturated heterocycles. The van der Waals surface area contributed by atoms with Gasteiger partial charge in [-0.15, -0.1) is 0 Å². The maximum atomic E-state index is 5.14. The van der Waals surface area contributed by atoms with E-state index in [0.717, 1.165) is 40.3 Å². The molecule has 0 atom stereocenters. The fraction of sp³-hybridized carbons (Fsp3) is 0.0645. The summed E-state index contributed by atoms with van der Waals surface area (Å²) in [6, 6.07) is 22.3. The third-order valence-electron chi connectivity index (χ3n) is 7.97. The Morgan fingerprint density at radius 3 is 2.40 bits per heavy atom. The summed E-state index contributed by atoms with van der Waals surface area (Å²) in [6.07, 6.45) is 9.59. The van der Waals surface area contributed by atoms with Gasteiger partial charge in [0.15, 0.2) is 0 Å². The van der Waals surface area contributed by atoms with Crippen LogP contribution in [0.4, 0.5) is 0 Å². The maximum Gasteiger partial charge on any atom is 0.148 e. The minimum absolute atomic E-state index is 0.944. The third kappa shape index (κ3) is 2.15. The van der Waals surface area contributed by atoms with Gasteiger partial charge in [0, 0.05) is 34.9 Å². The van der Waals surface area contributed by atoms with E-state index >= 15 is 0 Å². The summed E-state index contributed by atoms with van der Waals surface area (Å²) in [5.74, 6) is 0. The first kappa shape index (κ1) is 17.8. The first-order chi connectivity index (χ1) is 17.3. The predicted octanol–water partition coefficient (Wildman–Crippen LogP) is 6.73. The molecule has 4 nitrogen and oxygen atoms in total. The van der Waals surface area contributed by atoms with Gasteiger partial charge >= 0.3 is 0 Å². The molecule has 7 aromatic rings. The van der Waals surface area contributed by atoms with E-state index in [4.69, 9.17) is 4.98 Å². The van der Waals surface area contributed by atoms with Crippen LogP contribution in [-0.4, -0.2) is 19.4 Å². The highest BCUT2D eigenvalue weighted by Gasteiger charge is 2.28. The number of aromatic nitrogens is 4. The van der Waals surface area contributed by atoms with Crippen LogP contribution in [0.25, 0.3) is 60.6 Å². The molecule has 0 aliphatic heterocycles. The van der Waals surface area contributed by atoms with Crippen molar-refractivity contribution in [3.8, 4) is 22.3 Å². The lowest BCUT2D eigenvalue weighted by molar-refractivity contribution is 1.24. The summed E-state index contributed by atoms with van der Waals surface area (Å²) in [7, 11) is 0. The molecule has 2 aliphatic rings. The van der Waals surface area contributed by atoms with E-state index in [1.807, 2.05) is 24.8 Å². The van der Waals surface area contributed by atoms with Gasteiger partial charge in [-0.05, 0) is 87.5 Å². The highest BCUT2D eigenvalue weighted by molar-refractivity contribution is 6.15. The second kappa shape index (κ2) is 6.10. The van der Waals surface area contributed by atoms with Crippen molar-refractivity contribution >= 4 is 38.4 Å². The maximum absolute atomic E-state index is 5.14. The average Bonchev–Trinajstić information content (AvgIpc) is 3.58. The Hall–Kier alpha value is -4.57. The summed E-state index contributed by atoms with van der Waals surface area (Å²) in [5.41, 5.74) is 15.3. The van der Waals surface area contributed by atoms with Crippen LogP contribution in [0, 0.1) is 0 Å². The molecule has 3 aromatic carbocycles. The van der Waals surface area contributed by atoms with Crippen molar-refractivity contribution in [1.82, 2.24) is 19.4 Å². The smallest absolute Gasteiger partial charge is 0.148 e. The van der Waals surface area contributed by atoms with Crippen LogP contribution < -0.4 is 0 Å². The topological polar surface area (TPSA) is 43.1 Å². The number of nitrogens with zero attached hydrogens (tertiary/aromatic N) is 4. The van der Waals surface area contributed by atoms with Gasteiger partial charge in [-0.2, -0.15) is 0 Å². The van der Waals surface area contributed by atoms with Crippen molar-refractivity contribution in [1.29, 1.82) is 0 Å². The van der Waals surface area contributed by atoms with E-state index in [1.54, 1.807) is 0 Å². The molecule has 0 bridgehead atoms. The molecule has 0 fully saturated rings. The molecule has 162 valence electrons. The number of pyridine rings is 3. The SMILES string of the molecule is c1ccc2c(c1)Cc1cc3c(cc1-2)Cc1ccc2nc4c5cnccc5c5ccncc5n4c2c1-3. The zero-order valence-electron chi connectivity index (χ0n) is 18.8. The molecule has 0 saturated carbocycles. The van der Waals surface area contributed by atoms with Crippen molar-refractivity contribution in [3.05, 3.63) is 108 Å².